The van der Waals surface area contributed by atoms with Gasteiger partial charge in [0.2, 0.25) is 0 Å². The minimum Gasteiger partial charge on any atom is -0.361 e. The van der Waals surface area contributed by atoms with Gasteiger partial charge in [0.15, 0.2) is 0 Å². The Bertz CT molecular complexity index is 292. The third-order valence-electron chi connectivity index (χ3n) is 1.71. The monoisotopic (exact) mass is 174 g/mol. The fourth-order valence-corrected chi connectivity index (χ4v) is 1.15. The zero-order chi connectivity index (χ0) is 9.52. The summed E-state index contributed by atoms with van der Waals surface area (Å²) in [5.41, 5.74) is 1.12. The molecule has 0 aliphatic carbocycles. The molecule has 1 aromatic carbocycles. The van der Waals surface area contributed by atoms with E-state index in [0.717, 1.165) is 5.56 Å². The van der Waals surface area contributed by atoms with Crippen molar-refractivity contribution in [3.8, 4) is 11.8 Å². The molecule has 0 spiro atoms. The van der Waals surface area contributed by atoms with Crippen LogP contribution >= 0.6 is 0 Å². The molecular formula is C12H14O. The fraction of sp³-hybridized carbons (Fsp3) is 0.333. The highest BCUT2D eigenvalue weighted by atomic mass is 16.5. The summed E-state index contributed by atoms with van der Waals surface area (Å²) in [6.45, 7) is 4.50. The molecule has 0 fully saturated rings. The van der Waals surface area contributed by atoms with Gasteiger partial charge in [-0.2, -0.15) is 0 Å². The van der Waals surface area contributed by atoms with Crippen LogP contribution in [0.5, 0.6) is 0 Å². The molecule has 1 heteroatoms. The van der Waals surface area contributed by atoms with Crippen molar-refractivity contribution in [2.75, 3.05) is 6.61 Å². The molecule has 13 heavy (non-hydrogen) atoms. The van der Waals surface area contributed by atoms with E-state index in [0.29, 0.717) is 6.61 Å². The fourth-order valence-electron chi connectivity index (χ4n) is 1.15. The Morgan fingerprint density at radius 2 is 2.00 bits per heavy atom. The summed E-state index contributed by atoms with van der Waals surface area (Å²) in [4.78, 5) is 0. The molecule has 0 aliphatic rings. The van der Waals surface area contributed by atoms with Crippen LogP contribution in [-0.2, 0) is 4.74 Å². The van der Waals surface area contributed by atoms with Crippen molar-refractivity contribution in [3.05, 3.63) is 35.9 Å². The molecule has 0 N–H and O–H groups in total. The maximum Gasteiger partial charge on any atom is 0.143 e. The number of hydrogen-bond acceptors (Lipinski definition) is 1. The lowest BCUT2D eigenvalue weighted by Gasteiger charge is -2.10. The van der Waals surface area contributed by atoms with Gasteiger partial charge in [-0.3, -0.25) is 0 Å². The molecule has 0 aromatic heterocycles. The molecule has 1 rings (SSSR count). The normalized spacial score (nSPS) is 11.5. The molecule has 0 bridgehead atoms. The summed E-state index contributed by atoms with van der Waals surface area (Å²) in [6, 6.07) is 10.1. The standard InChI is InChI=1S/C12H14O/c1-3-8-12(13-4-2)11-9-6-5-7-10-11/h5-7,9-10,12H,4H2,1-2H3. The minimum absolute atomic E-state index is 0.0730. The van der Waals surface area contributed by atoms with Crippen molar-refractivity contribution in [1.29, 1.82) is 0 Å². The molecule has 0 heterocycles. The van der Waals surface area contributed by atoms with Gasteiger partial charge in [-0.15, -0.1) is 5.92 Å². The van der Waals surface area contributed by atoms with Crippen LogP contribution in [0.2, 0.25) is 0 Å². The van der Waals surface area contributed by atoms with Crippen LogP contribution in [-0.4, -0.2) is 6.61 Å². The molecule has 0 saturated carbocycles. The van der Waals surface area contributed by atoms with Gasteiger partial charge in [0.25, 0.3) is 0 Å². The van der Waals surface area contributed by atoms with Gasteiger partial charge in [0.1, 0.15) is 6.10 Å². The molecule has 0 saturated heterocycles. The van der Waals surface area contributed by atoms with Crippen molar-refractivity contribution in [3.63, 3.8) is 0 Å². The summed E-state index contributed by atoms with van der Waals surface area (Å²) in [5, 5.41) is 0. The largest absolute Gasteiger partial charge is 0.361 e. The van der Waals surface area contributed by atoms with Crippen molar-refractivity contribution >= 4 is 0 Å². The second-order valence-corrected chi connectivity index (χ2v) is 2.64. The highest BCUT2D eigenvalue weighted by Gasteiger charge is 2.05. The predicted molar refractivity (Wildman–Crippen MR) is 54.3 cm³/mol. The first kappa shape index (κ1) is 9.83. The van der Waals surface area contributed by atoms with Crippen LogP contribution in [0.15, 0.2) is 30.3 Å². The SMILES string of the molecule is CC#CC(OCC)c1ccccc1. The first-order chi connectivity index (χ1) is 6.38. The van der Waals surface area contributed by atoms with Gasteiger partial charge in [-0.25, -0.2) is 0 Å². The van der Waals surface area contributed by atoms with Crippen molar-refractivity contribution in [2.45, 2.75) is 20.0 Å². The third-order valence-corrected chi connectivity index (χ3v) is 1.71. The number of ether oxygens (including phenoxy) is 1. The zero-order valence-electron chi connectivity index (χ0n) is 8.08. The topological polar surface area (TPSA) is 9.23 Å². The Morgan fingerprint density at radius 3 is 2.54 bits per heavy atom. The molecule has 0 radical (unpaired) electrons. The molecule has 0 amide bonds. The first-order valence-corrected chi connectivity index (χ1v) is 4.47. The molecular weight excluding hydrogens is 160 g/mol. The second-order valence-electron chi connectivity index (χ2n) is 2.64. The van der Waals surface area contributed by atoms with Crippen molar-refractivity contribution in [2.24, 2.45) is 0 Å². The predicted octanol–water partition coefficient (Wildman–Crippen LogP) is 2.79. The second kappa shape index (κ2) is 5.40. The van der Waals surface area contributed by atoms with Crippen LogP contribution in [0.25, 0.3) is 0 Å². The van der Waals surface area contributed by atoms with Gasteiger partial charge in [-0.05, 0) is 19.4 Å². The summed E-state index contributed by atoms with van der Waals surface area (Å²) in [5.74, 6) is 5.90. The van der Waals surface area contributed by atoms with E-state index in [1.807, 2.05) is 44.2 Å². The van der Waals surface area contributed by atoms with E-state index in [-0.39, 0.29) is 6.10 Å². The van der Waals surface area contributed by atoms with Gasteiger partial charge in [0.05, 0.1) is 0 Å². The molecule has 1 aromatic rings. The Balaban J connectivity index is 2.80. The van der Waals surface area contributed by atoms with Crippen LogP contribution in [0.4, 0.5) is 0 Å². The van der Waals surface area contributed by atoms with Gasteiger partial charge >= 0.3 is 0 Å². The Hall–Kier alpha value is -1.26. The van der Waals surface area contributed by atoms with Crippen molar-refractivity contribution in [1.82, 2.24) is 0 Å². The molecule has 0 aliphatic heterocycles. The minimum atomic E-state index is -0.0730. The van der Waals surface area contributed by atoms with Crippen molar-refractivity contribution < 1.29 is 4.74 Å². The van der Waals surface area contributed by atoms with Crippen LogP contribution in [0.3, 0.4) is 0 Å². The summed E-state index contributed by atoms with van der Waals surface area (Å²) in [7, 11) is 0. The summed E-state index contributed by atoms with van der Waals surface area (Å²) in [6.07, 6.45) is -0.0730. The number of benzene rings is 1. The Kier molecular flexibility index (Phi) is 4.08. The lowest BCUT2D eigenvalue weighted by molar-refractivity contribution is 0.103. The molecule has 1 atom stereocenters. The summed E-state index contributed by atoms with van der Waals surface area (Å²) < 4.78 is 5.49. The molecule has 68 valence electrons. The van der Waals surface area contributed by atoms with E-state index in [2.05, 4.69) is 11.8 Å². The first-order valence-electron chi connectivity index (χ1n) is 4.47. The van der Waals surface area contributed by atoms with Gasteiger partial charge in [-0.1, -0.05) is 36.3 Å². The Morgan fingerprint density at radius 1 is 1.31 bits per heavy atom. The van der Waals surface area contributed by atoms with E-state index < -0.39 is 0 Å². The zero-order valence-corrected chi connectivity index (χ0v) is 8.08. The highest BCUT2D eigenvalue weighted by molar-refractivity contribution is 5.24. The van der Waals surface area contributed by atoms with Crippen LogP contribution in [0, 0.1) is 11.8 Å². The average Bonchev–Trinajstić information content (AvgIpc) is 2.19. The number of hydrogen-bond donors (Lipinski definition) is 0. The highest BCUT2D eigenvalue weighted by Crippen LogP contribution is 2.15. The van der Waals surface area contributed by atoms with E-state index in [1.165, 1.54) is 0 Å². The smallest absolute Gasteiger partial charge is 0.143 e. The molecule has 1 unspecified atom stereocenters. The quantitative estimate of drug-likeness (QED) is 0.640. The Labute approximate surface area is 79.7 Å². The lowest BCUT2D eigenvalue weighted by Crippen LogP contribution is -2.01. The van der Waals surface area contributed by atoms with E-state index in [9.17, 15) is 0 Å². The third kappa shape index (κ3) is 2.93. The van der Waals surface area contributed by atoms with E-state index in [4.69, 9.17) is 4.74 Å². The van der Waals surface area contributed by atoms with E-state index >= 15 is 0 Å². The van der Waals surface area contributed by atoms with Gasteiger partial charge in [0, 0.05) is 6.61 Å². The summed E-state index contributed by atoms with van der Waals surface area (Å²) >= 11 is 0. The van der Waals surface area contributed by atoms with Gasteiger partial charge < -0.3 is 4.74 Å². The average molecular weight is 174 g/mol. The van der Waals surface area contributed by atoms with Crippen LogP contribution in [0.1, 0.15) is 25.5 Å². The number of rotatable bonds is 3. The van der Waals surface area contributed by atoms with E-state index in [1.54, 1.807) is 0 Å². The molecule has 1 nitrogen and oxygen atoms in total. The lowest BCUT2D eigenvalue weighted by atomic mass is 10.1. The maximum absolute atomic E-state index is 5.49. The maximum atomic E-state index is 5.49. The van der Waals surface area contributed by atoms with Crippen LogP contribution < -0.4 is 0 Å².